The zero-order valence-electron chi connectivity index (χ0n) is 20.0. The van der Waals surface area contributed by atoms with Crippen LogP contribution in [0, 0.1) is 0 Å². The molecule has 0 saturated heterocycles. The number of fused-ring (bicyclic) bond motifs is 1. The first-order chi connectivity index (χ1) is 16.5. The highest BCUT2D eigenvalue weighted by Crippen LogP contribution is 2.34. The van der Waals surface area contributed by atoms with Crippen molar-refractivity contribution in [3.63, 3.8) is 0 Å². The Labute approximate surface area is 201 Å². The van der Waals surface area contributed by atoms with Crippen LogP contribution in [0.1, 0.15) is 52.7 Å². The largest absolute Gasteiger partial charge is 0.477 e. The van der Waals surface area contributed by atoms with Crippen LogP contribution in [-0.4, -0.2) is 31.6 Å². The number of aromatic carboxylic acids is 1. The number of aromatic nitrogens is 2. The van der Waals surface area contributed by atoms with Crippen molar-refractivity contribution in [2.24, 2.45) is 7.05 Å². The van der Waals surface area contributed by atoms with Gasteiger partial charge in [-0.1, -0.05) is 45.0 Å². The van der Waals surface area contributed by atoms with Gasteiger partial charge in [-0.3, -0.25) is 9.59 Å². The number of benzene rings is 2. The number of anilines is 1. The van der Waals surface area contributed by atoms with Crippen LogP contribution in [-0.2, 0) is 19.1 Å². The highest BCUT2D eigenvalue weighted by molar-refractivity contribution is 6.06. The molecule has 0 unspecified atom stereocenters. The smallest absolute Gasteiger partial charge is 0.352 e. The molecule has 35 heavy (non-hydrogen) atoms. The lowest BCUT2D eigenvalue weighted by Gasteiger charge is -2.19. The predicted octanol–water partition coefficient (Wildman–Crippen LogP) is 4.27. The summed E-state index contributed by atoms with van der Waals surface area (Å²) in [6, 6.07) is 14.0. The average Bonchev–Trinajstić information content (AvgIpc) is 3.27. The quantitative estimate of drug-likeness (QED) is 0.345. The molecule has 0 aliphatic rings. The summed E-state index contributed by atoms with van der Waals surface area (Å²) in [6.45, 7) is 5.92. The highest BCUT2D eigenvalue weighted by Gasteiger charge is 2.20. The van der Waals surface area contributed by atoms with Gasteiger partial charge in [0.2, 0.25) is 0 Å². The molecule has 0 saturated carbocycles. The maximum Gasteiger partial charge on any atom is 0.352 e. The summed E-state index contributed by atoms with van der Waals surface area (Å²) in [5, 5.41) is 22.9. The van der Waals surface area contributed by atoms with Gasteiger partial charge in [-0.25, -0.2) is 4.79 Å². The first kappa shape index (κ1) is 24.0. The molecule has 4 aromatic rings. The van der Waals surface area contributed by atoms with Gasteiger partial charge in [0.25, 0.3) is 11.5 Å². The zero-order chi connectivity index (χ0) is 25.5. The fourth-order valence-electron chi connectivity index (χ4n) is 4.11. The van der Waals surface area contributed by atoms with Crippen LogP contribution in [0.2, 0.25) is 0 Å². The number of hydrogen-bond acceptors (Lipinski definition) is 4. The van der Waals surface area contributed by atoms with Gasteiger partial charge < -0.3 is 25.1 Å². The molecule has 0 atom stereocenters. The Morgan fingerprint density at radius 2 is 1.74 bits per heavy atom. The first-order valence-electron chi connectivity index (χ1n) is 11.1. The minimum Gasteiger partial charge on any atom is -0.477 e. The molecule has 0 aliphatic heterocycles. The van der Waals surface area contributed by atoms with Crippen LogP contribution in [0.25, 0.3) is 22.0 Å². The number of carbonyl (C=O) groups excluding carboxylic acids is 1. The molecule has 8 nitrogen and oxygen atoms in total. The Kier molecular flexibility index (Phi) is 6.08. The van der Waals surface area contributed by atoms with E-state index < -0.39 is 5.97 Å². The van der Waals surface area contributed by atoms with Crippen molar-refractivity contribution in [3.05, 3.63) is 87.5 Å². The molecule has 180 valence electrons. The maximum absolute atomic E-state index is 13.0. The minimum atomic E-state index is -1.19. The Morgan fingerprint density at radius 1 is 1.06 bits per heavy atom. The van der Waals surface area contributed by atoms with E-state index in [1.807, 2.05) is 12.1 Å². The molecular weight excluding hydrogens is 446 g/mol. The normalized spacial score (nSPS) is 11.6. The van der Waals surface area contributed by atoms with E-state index in [4.69, 9.17) is 0 Å². The second-order valence-corrected chi connectivity index (χ2v) is 9.51. The summed E-state index contributed by atoms with van der Waals surface area (Å²) in [5.74, 6) is -1.51. The Balaban J connectivity index is 1.78. The summed E-state index contributed by atoms with van der Waals surface area (Å²) in [5.41, 5.74) is 3.23. The lowest BCUT2D eigenvalue weighted by Crippen LogP contribution is -2.17. The topological polar surface area (TPSA) is 124 Å². The molecule has 1 amide bonds. The van der Waals surface area contributed by atoms with Gasteiger partial charge in [0, 0.05) is 41.0 Å². The molecule has 0 spiro atoms. The summed E-state index contributed by atoms with van der Waals surface area (Å²) < 4.78 is 1.35. The molecule has 0 radical (unpaired) electrons. The van der Waals surface area contributed by atoms with E-state index in [1.54, 1.807) is 43.6 Å². The molecule has 2 aromatic carbocycles. The van der Waals surface area contributed by atoms with E-state index in [1.165, 1.54) is 10.6 Å². The minimum absolute atomic E-state index is 0.0345. The van der Waals surface area contributed by atoms with E-state index in [9.17, 15) is 24.6 Å². The predicted molar refractivity (Wildman–Crippen MR) is 135 cm³/mol. The van der Waals surface area contributed by atoms with Crippen molar-refractivity contribution in [2.45, 2.75) is 32.8 Å². The highest BCUT2D eigenvalue weighted by atomic mass is 16.4. The number of hydrogen-bond donors (Lipinski definition) is 4. The Hall–Kier alpha value is -4.17. The monoisotopic (exact) mass is 473 g/mol. The second kappa shape index (κ2) is 8.88. The number of H-pyrrole nitrogens is 1. The Bertz CT molecular complexity index is 1510. The molecule has 8 heteroatoms. The fourth-order valence-corrected chi connectivity index (χ4v) is 4.11. The van der Waals surface area contributed by atoms with Crippen molar-refractivity contribution >= 4 is 28.5 Å². The van der Waals surface area contributed by atoms with Crippen LogP contribution in [0.5, 0.6) is 0 Å². The molecule has 4 N–H and O–H groups in total. The van der Waals surface area contributed by atoms with Gasteiger partial charge in [0.15, 0.2) is 0 Å². The molecular formula is C27H27N3O5. The fraction of sp³-hybridized carbons (Fsp3) is 0.222. The van der Waals surface area contributed by atoms with Crippen LogP contribution in [0.3, 0.4) is 0 Å². The van der Waals surface area contributed by atoms with E-state index in [2.05, 4.69) is 31.1 Å². The number of carboxylic acids is 1. The molecule has 2 heterocycles. The number of amides is 1. The number of aromatic amines is 1. The lowest BCUT2D eigenvalue weighted by molar-refractivity contribution is 0.0691. The van der Waals surface area contributed by atoms with Gasteiger partial charge >= 0.3 is 5.97 Å². The van der Waals surface area contributed by atoms with E-state index in [-0.39, 0.29) is 34.7 Å². The summed E-state index contributed by atoms with van der Waals surface area (Å²) in [4.78, 5) is 39.7. The lowest BCUT2D eigenvalue weighted by atomic mass is 9.86. The van der Waals surface area contributed by atoms with Gasteiger partial charge in [0.1, 0.15) is 11.2 Å². The van der Waals surface area contributed by atoms with Gasteiger partial charge in [-0.2, -0.15) is 0 Å². The summed E-state index contributed by atoms with van der Waals surface area (Å²) >= 11 is 0. The second-order valence-electron chi connectivity index (χ2n) is 9.51. The number of aliphatic hydroxyl groups excluding tert-OH is 1. The zero-order valence-corrected chi connectivity index (χ0v) is 20.0. The van der Waals surface area contributed by atoms with Gasteiger partial charge in [-0.05, 0) is 40.8 Å². The van der Waals surface area contributed by atoms with Crippen molar-refractivity contribution in [1.29, 1.82) is 0 Å². The molecule has 2 aromatic heterocycles. The first-order valence-corrected chi connectivity index (χ1v) is 11.1. The number of carbonyl (C=O) groups is 2. The van der Waals surface area contributed by atoms with E-state index in [0.29, 0.717) is 33.3 Å². The summed E-state index contributed by atoms with van der Waals surface area (Å²) in [6.07, 6.45) is 1.59. The van der Waals surface area contributed by atoms with E-state index in [0.717, 1.165) is 5.56 Å². The number of carboxylic acid groups (broad SMARTS) is 1. The number of rotatable bonds is 5. The van der Waals surface area contributed by atoms with Crippen molar-refractivity contribution in [1.82, 2.24) is 9.55 Å². The van der Waals surface area contributed by atoms with Crippen molar-refractivity contribution in [3.8, 4) is 11.1 Å². The molecule has 0 fully saturated rings. The average molecular weight is 474 g/mol. The van der Waals surface area contributed by atoms with Crippen LogP contribution in [0.15, 0.2) is 59.5 Å². The maximum atomic E-state index is 13.0. The number of pyridine rings is 1. The van der Waals surface area contributed by atoms with Crippen LogP contribution < -0.4 is 10.9 Å². The number of aliphatic hydroxyl groups is 1. The van der Waals surface area contributed by atoms with Gasteiger partial charge in [0.05, 0.1) is 6.61 Å². The third kappa shape index (κ3) is 4.48. The van der Waals surface area contributed by atoms with Crippen LogP contribution in [0.4, 0.5) is 5.69 Å². The molecule has 4 rings (SSSR count). The van der Waals surface area contributed by atoms with Crippen molar-refractivity contribution in [2.75, 3.05) is 5.32 Å². The number of nitrogens with zero attached hydrogens (tertiary/aromatic N) is 1. The summed E-state index contributed by atoms with van der Waals surface area (Å²) in [7, 11) is 1.57. The molecule has 0 bridgehead atoms. The number of nitrogens with one attached hydrogen (secondary N) is 2. The van der Waals surface area contributed by atoms with E-state index >= 15 is 0 Å². The molecule has 0 aliphatic carbocycles. The van der Waals surface area contributed by atoms with Crippen LogP contribution >= 0.6 is 0 Å². The van der Waals surface area contributed by atoms with Crippen molar-refractivity contribution < 1.29 is 19.8 Å². The third-order valence-electron chi connectivity index (χ3n) is 6.08. The SMILES string of the molecule is Cn1cc(-c2cccc(NC(=O)c3ccc(C(C)(C)C)cc3)c2CO)c2cc(C(=O)O)[nH]c2c1=O. The Morgan fingerprint density at radius 3 is 2.34 bits per heavy atom. The third-order valence-corrected chi connectivity index (χ3v) is 6.08. The standard InChI is InChI=1S/C27H27N3O5/c1-27(2,3)16-10-8-15(9-11-16)24(32)29-21-7-5-6-17(20(21)14-31)19-13-30(4)25(33)23-18(19)12-22(28-23)26(34)35/h5-13,28,31H,14H2,1-4H3,(H,29,32)(H,34,35). The van der Waals surface area contributed by atoms with Gasteiger partial charge in [-0.15, -0.1) is 0 Å². The number of aryl methyl sites for hydroxylation is 1.